The lowest BCUT2D eigenvalue weighted by Crippen LogP contribution is -2.30. The topological polar surface area (TPSA) is 184 Å². The lowest BCUT2D eigenvalue weighted by Gasteiger charge is -2.19. The molecule has 0 unspecified atom stereocenters. The monoisotopic (exact) mass is 643 g/mol. The Hall–Kier alpha value is -4.50. The maximum atomic E-state index is 13.2. The van der Waals surface area contributed by atoms with Crippen LogP contribution in [0.4, 0.5) is 16.2 Å². The molecule has 0 bridgehead atoms. The van der Waals surface area contributed by atoms with Gasteiger partial charge in [-0.1, -0.05) is 29.8 Å². The zero-order chi connectivity index (χ0) is 31.0. The third kappa shape index (κ3) is 8.99. The van der Waals surface area contributed by atoms with Crippen molar-refractivity contribution in [2.45, 2.75) is 28.8 Å². The third-order valence-corrected chi connectivity index (χ3v) is 9.06. The van der Waals surface area contributed by atoms with E-state index in [1.807, 2.05) is 0 Å². The second kappa shape index (κ2) is 13.6. The number of nitrogens with one attached hydrogen (secondary N) is 4. The molecule has 0 aliphatic carbocycles. The average molecular weight is 644 g/mol. The van der Waals surface area contributed by atoms with Gasteiger partial charge in [-0.05, 0) is 77.9 Å². The summed E-state index contributed by atoms with van der Waals surface area (Å²) < 4.78 is 57.0. The van der Waals surface area contributed by atoms with Gasteiger partial charge in [0, 0.05) is 35.3 Å². The first kappa shape index (κ1) is 31.4. The molecule has 0 saturated heterocycles. The molecule has 2 amide bonds. The van der Waals surface area contributed by atoms with Gasteiger partial charge in [0.25, 0.3) is 10.0 Å². The number of aliphatic carboxylic acids is 1. The van der Waals surface area contributed by atoms with Crippen molar-refractivity contribution in [1.29, 1.82) is 0 Å². The Bertz CT molecular complexity index is 1820. The van der Waals surface area contributed by atoms with Crippen LogP contribution in [0.2, 0.25) is 5.02 Å². The van der Waals surface area contributed by atoms with E-state index in [-0.39, 0.29) is 33.3 Å². The van der Waals surface area contributed by atoms with Crippen LogP contribution in [0.5, 0.6) is 0 Å². The molecule has 4 rings (SSSR count). The van der Waals surface area contributed by atoms with E-state index in [2.05, 4.69) is 25.1 Å². The van der Waals surface area contributed by atoms with Crippen molar-refractivity contribution < 1.29 is 31.5 Å². The number of sulfonamides is 2. The summed E-state index contributed by atoms with van der Waals surface area (Å²) in [6.45, 7) is 0.239. The highest BCUT2D eigenvalue weighted by Crippen LogP contribution is 2.26. The molecule has 43 heavy (non-hydrogen) atoms. The fourth-order valence-electron chi connectivity index (χ4n) is 3.90. The zero-order valence-corrected chi connectivity index (χ0v) is 24.7. The number of carbonyl (C=O) groups excluding carboxylic acids is 1. The highest BCUT2D eigenvalue weighted by molar-refractivity contribution is 7.92. The van der Waals surface area contributed by atoms with Gasteiger partial charge in [-0.25, -0.2) is 26.4 Å². The van der Waals surface area contributed by atoms with Crippen LogP contribution in [0, 0.1) is 0 Å². The summed E-state index contributed by atoms with van der Waals surface area (Å²) in [5.41, 5.74) is 1.33. The zero-order valence-electron chi connectivity index (χ0n) is 22.3. The summed E-state index contributed by atoms with van der Waals surface area (Å²) in [5.74, 6) is -1.27. The highest BCUT2D eigenvalue weighted by atomic mass is 35.5. The number of halogens is 1. The van der Waals surface area contributed by atoms with Crippen LogP contribution in [-0.2, 0) is 31.4 Å². The number of hydrogen-bond donors (Lipinski definition) is 5. The summed E-state index contributed by atoms with van der Waals surface area (Å²) >= 11 is 5.84. The van der Waals surface area contributed by atoms with E-state index in [9.17, 15) is 31.5 Å². The number of carboxylic acids is 1. The Balaban J connectivity index is 1.49. The van der Waals surface area contributed by atoms with Gasteiger partial charge in [-0.15, -0.1) is 0 Å². The fraction of sp³-hybridized carbons (Fsp3) is 0.107. The fourth-order valence-corrected chi connectivity index (χ4v) is 6.35. The predicted octanol–water partition coefficient (Wildman–Crippen LogP) is 4.35. The molecule has 15 heteroatoms. The van der Waals surface area contributed by atoms with Crippen molar-refractivity contribution in [1.82, 2.24) is 15.0 Å². The van der Waals surface area contributed by atoms with E-state index in [1.54, 1.807) is 24.5 Å². The molecule has 224 valence electrons. The standard InChI is InChI=1S/C28H26ClN5O7S2/c29-21-7-9-24(10-8-21)42(38,39)34-26(17-27(35)36)20-3-1-5-23(15-20)33-43(40,41)25-6-2-4-22(16-25)32-28(37)31-18-19-11-13-30-14-12-19/h1-16,26,33-34H,17-18H2,(H,35,36)(H2,31,32,37)/t26-/m1/s1. The smallest absolute Gasteiger partial charge is 0.319 e. The van der Waals surface area contributed by atoms with E-state index in [0.29, 0.717) is 5.02 Å². The molecule has 0 saturated carbocycles. The molecule has 5 N–H and O–H groups in total. The molecule has 4 aromatic rings. The molecule has 0 radical (unpaired) electrons. The van der Waals surface area contributed by atoms with Crippen LogP contribution in [0.3, 0.4) is 0 Å². The first-order valence-electron chi connectivity index (χ1n) is 12.6. The van der Waals surface area contributed by atoms with Gasteiger partial charge < -0.3 is 15.7 Å². The molecule has 12 nitrogen and oxygen atoms in total. The summed E-state index contributed by atoms with van der Waals surface area (Å²) in [5, 5.41) is 15.0. The van der Waals surface area contributed by atoms with Crippen LogP contribution < -0.4 is 20.1 Å². The maximum absolute atomic E-state index is 13.2. The van der Waals surface area contributed by atoms with E-state index in [4.69, 9.17) is 11.6 Å². The Labute approximate surface area is 253 Å². The minimum atomic E-state index is -4.17. The number of benzene rings is 3. The third-order valence-electron chi connectivity index (χ3n) is 5.95. The number of nitrogens with zero attached hydrogens (tertiary/aromatic N) is 1. The van der Waals surface area contributed by atoms with Gasteiger partial charge in [0.2, 0.25) is 10.0 Å². The maximum Gasteiger partial charge on any atom is 0.319 e. The number of carbonyl (C=O) groups is 2. The molecule has 0 aliphatic rings. The van der Waals surface area contributed by atoms with Crippen molar-refractivity contribution in [2.24, 2.45) is 0 Å². The SMILES string of the molecule is O=C(O)C[C@@H](NS(=O)(=O)c1ccc(Cl)cc1)c1cccc(NS(=O)(=O)c2cccc(NC(=O)NCc3ccncc3)c2)c1. The molecule has 1 atom stereocenters. The normalized spacial score (nSPS) is 12.2. The quantitative estimate of drug-likeness (QED) is 0.151. The second-order valence-electron chi connectivity index (χ2n) is 9.15. The Morgan fingerprint density at radius 2 is 1.49 bits per heavy atom. The van der Waals surface area contributed by atoms with Crippen molar-refractivity contribution in [3.63, 3.8) is 0 Å². The molecular weight excluding hydrogens is 618 g/mol. The van der Waals surface area contributed by atoms with Crippen molar-refractivity contribution in [3.05, 3.63) is 113 Å². The number of hydrogen-bond acceptors (Lipinski definition) is 7. The average Bonchev–Trinajstić information content (AvgIpc) is 2.96. The Morgan fingerprint density at radius 1 is 0.814 bits per heavy atom. The van der Waals surface area contributed by atoms with Crippen molar-refractivity contribution in [2.75, 3.05) is 10.0 Å². The number of urea groups is 1. The summed E-state index contributed by atoms with van der Waals surface area (Å²) in [4.78, 5) is 27.5. The molecule has 3 aromatic carbocycles. The first-order valence-corrected chi connectivity index (χ1v) is 15.9. The molecule has 0 aliphatic heterocycles. The van der Waals surface area contributed by atoms with E-state index < -0.39 is 44.5 Å². The van der Waals surface area contributed by atoms with Crippen LogP contribution >= 0.6 is 11.6 Å². The number of pyridine rings is 1. The van der Waals surface area contributed by atoms with E-state index in [1.165, 1.54) is 72.8 Å². The van der Waals surface area contributed by atoms with Gasteiger partial charge >= 0.3 is 12.0 Å². The lowest BCUT2D eigenvalue weighted by atomic mass is 10.0. The number of amides is 2. The molecule has 1 heterocycles. The van der Waals surface area contributed by atoms with Gasteiger partial charge in [-0.2, -0.15) is 0 Å². The summed E-state index contributed by atoms with van der Waals surface area (Å²) in [7, 11) is -8.32. The first-order chi connectivity index (χ1) is 20.4. The van der Waals surface area contributed by atoms with Crippen LogP contribution in [0.25, 0.3) is 0 Å². The van der Waals surface area contributed by atoms with E-state index >= 15 is 0 Å². The largest absolute Gasteiger partial charge is 0.481 e. The highest BCUT2D eigenvalue weighted by Gasteiger charge is 2.24. The summed E-state index contributed by atoms with van der Waals surface area (Å²) in [6.07, 6.45) is 2.58. The van der Waals surface area contributed by atoms with Gasteiger partial charge in [-0.3, -0.25) is 14.5 Å². The van der Waals surface area contributed by atoms with Crippen molar-refractivity contribution in [3.8, 4) is 0 Å². The number of anilines is 2. The number of aromatic nitrogens is 1. The minimum absolute atomic E-state index is 0.0621. The van der Waals surface area contributed by atoms with Crippen molar-refractivity contribution >= 4 is 55.0 Å². The Kier molecular flexibility index (Phi) is 9.98. The predicted molar refractivity (Wildman–Crippen MR) is 161 cm³/mol. The molecule has 0 fully saturated rings. The molecule has 1 aromatic heterocycles. The number of carboxylic acid groups (broad SMARTS) is 1. The lowest BCUT2D eigenvalue weighted by molar-refractivity contribution is -0.137. The molecular formula is C28H26ClN5O7S2. The van der Waals surface area contributed by atoms with Crippen LogP contribution in [0.15, 0.2) is 107 Å². The van der Waals surface area contributed by atoms with Gasteiger partial charge in [0.1, 0.15) is 0 Å². The number of rotatable bonds is 12. The minimum Gasteiger partial charge on any atom is -0.481 e. The van der Waals surface area contributed by atoms with E-state index in [0.717, 1.165) is 5.56 Å². The van der Waals surface area contributed by atoms with Crippen LogP contribution in [-0.4, -0.2) is 38.9 Å². The molecule has 0 spiro atoms. The van der Waals surface area contributed by atoms with Gasteiger partial charge in [0.15, 0.2) is 0 Å². The summed E-state index contributed by atoms with van der Waals surface area (Å²) in [6, 6.07) is 18.3. The van der Waals surface area contributed by atoms with Crippen LogP contribution in [0.1, 0.15) is 23.6 Å². The Morgan fingerprint density at radius 3 is 2.19 bits per heavy atom. The van der Waals surface area contributed by atoms with Gasteiger partial charge in [0.05, 0.1) is 22.3 Å². The second-order valence-corrected chi connectivity index (χ2v) is 13.0.